The van der Waals surface area contributed by atoms with Gasteiger partial charge in [0.2, 0.25) is 0 Å². The van der Waals surface area contributed by atoms with Crippen molar-refractivity contribution in [3.63, 3.8) is 0 Å². The zero-order chi connectivity index (χ0) is 32.8. The molecule has 4 rings (SSSR count). The Kier molecular flexibility index (Phi) is 10.6. The lowest BCUT2D eigenvalue weighted by Crippen LogP contribution is -2.38. The van der Waals surface area contributed by atoms with E-state index in [9.17, 15) is 9.59 Å². The number of hydrogen-bond acceptors (Lipinski definition) is 8. The van der Waals surface area contributed by atoms with Crippen LogP contribution in [0.25, 0.3) is 16.7 Å². The van der Waals surface area contributed by atoms with Crippen molar-refractivity contribution in [2.24, 2.45) is 0 Å². The van der Waals surface area contributed by atoms with Gasteiger partial charge in [-0.2, -0.15) is 9.61 Å². The Bertz CT molecular complexity index is 1560. The molecule has 45 heavy (non-hydrogen) atoms. The Morgan fingerprint density at radius 1 is 0.956 bits per heavy atom. The van der Waals surface area contributed by atoms with Crippen LogP contribution in [-0.4, -0.2) is 61.0 Å². The third-order valence-electron chi connectivity index (χ3n) is 6.82. The zero-order valence-corrected chi connectivity index (χ0v) is 27.9. The van der Waals surface area contributed by atoms with E-state index in [2.05, 4.69) is 34.6 Å². The molecule has 12 nitrogen and oxygen atoms in total. The molecule has 3 aromatic heterocycles. The zero-order valence-electron chi connectivity index (χ0n) is 27.9. The quantitative estimate of drug-likeness (QED) is 0.142. The number of aromatic nitrogens is 5. The Balaban J connectivity index is 1.50. The molecule has 0 aliphatic heterocycles. The van der Waals surface area contributed by atoms with Crippen LogP contribution in [0, 0.1) is 0 Å². The first-order valence-corrected chi connectivity index (χ1v) is 15.7. The molecule has 12 heteroatoms. The lowest BCUT2D eigenvalue weighted by molar-refractivity contribution is 0.0524. The molecular weight excluding hydrogens is 572 g/mol. The predicted octanol–water partition coefficient (Wildman–Crippen LogP) is 7.17. The summed E-state index contributed by atoms with van der Waals surface area (Å²) in [7, 11) is 0. The lowest BCUT2D eigenvalue weighted by atomic mass is 10.1. The molecule has 0 aliphatic carbocycles. The second kappa shape index (κ2) is 14.2. The van der Waals surface area contributed by atoms with Gasteiger partial charge in [0.15, 0.2) is 5.65 Å². The monoisotopic (exact) mass is 620 g/mol. The number of aromatic amines is 1. The lowest BCUT2D eigenvalue weighted by Gasteiger charge is -2.27. The average Bonchev–Trinajstić information content (AvgIpc) is 3.55. The number of carbonyl (C=O) groups is 2. The summed E-state index contributed by atoms with van der Waals surface area (Å²) >= 11 is 0. The molecule has 3 heterocycles. The molecule has 0 spiro atoms. The maximum Gasteiger partial charge on any atom is 0.416 e. The fraction of sp³-hybridized carbons (Fsp3) is 0.545. The third-order valence-corrected chi connectivity index (χ3v) is 6.82. The van der Waals surface area contributed by atoms with Crippen molar-refractivity contribution in [2.45, 2.75) is 105 Å². The standard InChI is InChI=1S/C33H48N8O4/c1-22(2)23-20-36-41-28(40(31(43)45-33(6,7)8)21-27-37-24-15-11-12-16-25(24)38-27)19-26(39-29(23)41)34-17-13-9-10-14-18-35-30(42)44-32(3,4)5/h11-12,15-16,19-20,22H,9-10,13-14,17-18,21H2,1-8H3,(H,34,39)(H,35,42)(H,37,38). The van der Waals surface area contributed by atoms with E-state index in [4.69, 9.17) is 19.4 Å². The number of anilines is 2. The van der Waals surface area contributed by atoms with E-state index in [0.29, 0.717) is 36.2 Å². The number of ether oxygens (including phenoxy) is 2. The highest BCUT2D eigenvalue weighted by Gasteiger charge is 2.28. The number of nitrogens with zero attached hydrogens (tertiary/aromatic N) is 5. The molecule has 0 saturated carbocycles. The van der Waals surface area contributed by atoms with E-state index < -0.39 is 17.3 Å². The number of unbranched alkanes of at least 4 members (excludes halogenated alkanes) is 3. The molecule has 2 amide bonds. The molecule has 0 bridgehead atoms. The first-order valence-electron chi connectivity index (χ1n) is 15.7. The second-order valence-electron chi connectivity index (χ2n) is 13.5. The number of fused-ring (bicyclic) bond motifs is 2. The Morgan fingerprint density at radius 3 is 2.31 bits per heavy atom. The first-order chi connectivity index (χ1) is 21.2. The van der Waals surface area contributed by atoms with Gasteiger partial charge in [-0.3, -0.25) is 4.90 Å². The van der Waals surface area contributed by atoms with Crippen molar-refractivity contribution in [1.29, 1.82) is 0 Å². The number of nitrogens with one attached hydrogen (secondary N) is 3. The van der Waals surface area contributed by atoms with Crippen LogP contribution in [0.2, 0.25) is 0 Å². The van der Waals surface area contributed by atoms with Gasteiger partial charge in [-0.15, -0.1) is 0 Å². The fourth-order valence-electron chi connectivity index (χ4n) is 4.77. The number of rotatable bonds is 12. The second-order valence-corrected chi connectivity index (χ2v) is 13.5. The van der Waals surface area contributed by atoms with Gasteiger partial charge in [0, 0.05) is 24.7 Å². The van der Waals surface area contributed by atoms with Gasteiger partial charge in [0.05, 0.1) is 23.8 Å². The molecule has 244 valence electrons. The summed E-state index contributed by atoms with van der Waals surface area (Å²) in [5.41, 5.74) is 2.16. The van der Waals surface area contributed by atoms with Gasteiger partial charge in [0.1, 0.15) is 28.7 Å². The number of hydrogen-bond donors (Lipinski definition) is 3. The average molecular weight is 621 g/mol. The van der Waals surface area contributed by atoms with Crippen LogP contribution in [0.4, 0.5) is 21.2 Å². The van der Waals surface area contributed by atoms with Crippen LogP contribution < -0.4 is 15.5 Å². The van der Waals surface area contributed by atoms with Crippen molar-refractivity contribution in [1.82, 2.24) is 29.9 Å². The molecule has 0 radical (unpaired) electrons. The smallest absolute Gasteiger partial charge is 0.416 e. The highest BCUT2D eigenvalue weighted by atomic mass is 16.6. The molecule has 1 aromatic carbocycles. The molecule has 0 aliphatic rings. The van der Waals surface area contributed by atoms with Gasteiger partial charge in [0.25, 0.3) is 0 Å². The van der Waals surface area contributed by atoms with Crippen LogP contribution in [-0.2, 0) is 16.0 Å². The summed E-state index contributed by atoms with van der Waals surface area (Å²) < 4.78 is 12.8. The Morgan fingerprint density at radius 2 is 1.64 bits per heavy atom. The predicted molar refractivity (Wildman–Crippen MR) is 177 cm³/mol. The van der Waals surface area contributed by atoms with Crippen LogP contribution in [0.5, 0.6) is 0 Å². The summed E-state index contributed by atoms with van der Waals surface area (Å²) in [5.74, 6) is 1.97. The Hall–Kier alpha value is -4.35. The number of amides is 2. The number of imidazole rings is 1. The van der Waals surface area contributed by atoms with Gasteiger partial charge in [-0.05, 0) is 72.4 Å². The summed E-state index contributed by atoms with van der Waals surface area (Å²) in [6.45, 7) is 16.7. The topological polar surface area (TPSA) is 139 Å². The molecule has 3 N–H and O–H groups in total. The van der Waals surface area contributed by atoms with Crippen molar-refractivity contribution in [3.05, 3.63) is 47.9 Å². The maximum atomic E-state index is 13.7. The van der Waals surface area contributed by atoms with Crippen molar-refractivity contribution in [2.75, 3.05) is 23.3 Å². The fourth-order valence-corrected chi connectivity index (χ4v) is 4.77. The van der Waals surface area contributed by atoms with Gasteiger partial charge < -0.3 is 25.1 Å². The minimum atomic E-state index is -0.702. The van der Waals surface area contributed by atoms with E-state index in [0.717, 1.165) is 42.3 Å². The van der Waals surface area contributed by atoms with Crippen LogP contribution in [0.15, 0.2) is 36.5 Å². The van der Waals surface area contributed by atoms with Crippen molar-refractivity contribution < 1.29 is 19.1 Å². The van der Waals surface area contributed by atoms with Gasteiger partial charge in [-0.1, -0.05) is 38.8 Å². The first kappa shape index (κ1) is 33.5. The SMILES string of the molecule is CC(C)c1cnn2c(N(Cc3nc4ccccc4[nH]3)C(=O)OC(C)(C)C)cc(NCCCCCCNC(=O)OC(C)(C)C)nc12. The summed E-state index contributed by atoms with van der Waals surface area (Å²) in [4.78, 5) is 40.0. The van der Waals surface area contributed by atoms with Crippen LogP contribution >= 0.6 is 0 Å². The number of H-pyrrole nitrogens is 1. The summed E-state index contributed by atoms with van der Waals surface area (Å²) in [5, 5.41) is 10.9. The summed E-state index contributed by atoms with van der Waals surface area (Å²) in [6, 6.07) is 9.59. The highest BCUT2D eigenvalue weighted by molar-refractivity contribution is 5.88. The van der Waals surface area contributed by atoms with Crippen molar-refractivity contribution >= 4 is 40.5 Å². The molecule has 0 fully saturated rings. The van der Waals surface area contributed by atoms with Gasteiger partial charge >= 0.3 is 12.2 Å². The molecule has 0 unspecified atom stereocenters. The Labute approximate surface area is 265 Å². The van der Waals surface area contributed by atoms with Gasteiger partial charge in [-0.25, -0.2) is 19.6 Å². The van der Waals surface area contributed by atoms with E-state index in [-0.39, 0.29) is 18.6 Å². The molecular formula is C33H48N8O4. The van der Waals surface area contributed by atoms with E-state index >= 15 is 0 Å². The number of alkyl carbamates (subject to hydrolysis) is 1. The molecule has 4 aromatic rings. The van der Waals surface area contributed by atoms with Crippen LogP contribution in [0.1, 0.15) is 98.4 Å². The van der Waals surface area contributed by atoms with E-state index in [1.807, 2.05) is 71.9 Å². The largest absolute Gasteiger partial charge is 0.444 e. The normalized spacial score (nSPS) is 12.1. The number of benzene rings is 1. The molecule has 0 atom stereocenters. The van der Waals surface area contributed by atoms with E-state index in [1.54, 1.807) is 15.6 Å². The van der Waals surface area contributed by atoms with Crippen molar-refractivity contribution in [3.8, 4) is 0 Å². The minimum Gasteiger partial charge on any atom is -0.444 e. The minimum absolute atomic E-state index is 0.149. The number of carbonyl (C=O) groups excluding carboxylic acids is 2. The van der Waals surface area contributed by atoms with Crippen LogP contribution in [0.3, 0.4) is 0 Å². The molecule has 0 saturated heterocycles. The summed E-state index contributed by atoms with van der Waals surface area (Å²) in [6.07, 6.45) is 4.65. The number of para-hydroxylation sites is 2. The third kappa shape index (κ3) is 9.57. The maximum absolute atomic E-state index is 13.7. The van der Waals surface area contributed by atoms with E-state index in [1.165, 1.54) is 0 Å². The highest BCUT2D eigenvalue weighted by Crippen LogP contribution is 2.28.